The first-order valence-electron chi connectivity index (χ1n) is 6.91. The number of benzene rings is 2. The summed E-state index contributed by atoms with van der Waals surface area (Å²) in [6.07, 6.45) is 0. The van der Waals surface area contributed by atoms with Crippen LogP contribution in [0.1, 0.15) is 5.56 Å². The maximum Gasteiger partial charge on any atom is 0.324 e. The van der Waals surface area contributed by atoms with E-state index >= 15 is 0 Å². The molecule has 2 aromatic carbocycles. The van der Waals surface area contributed by atoms with Crippen molar-refractivity contribution in [2.24, 2.45) is 0 Å². The fourth-order valence-electron chi connectivity index (χ4n) is 2.22. The van der Waals surface area contributed by atoms with E-state index in [1.165, 1.54) is 37.4 Å². The number of methoxy groups -OCH3 is 1. The van der Waals surface area contributed by atoms with Crippen LogP contribution in [0.25, 0.3) is 0 Å². The van der Waals surface area contributed by atoms with Crippen LogP contribution in [-0.4, -0.2) is 33.1 Å². The molecule has 0 saturated carbocycles. The number of carboxylic acid groups (broad SMARTS) is 1. The molecule has 0 unspecified atom stereocenters. The highest BCUT2D eigenvalue weighted by atomic mass is 35.5. The van der Waals surface area contributed by atoms with E-state index in [9.17, 15) is 13.2 Å². The molecule has 0 heterocycles. The second kappa shape index (κ2) is 7.11. The Balaban J connectivity index is 2.58. The van der Waals surface area contributed by atoms with Gasteiger partial charge in [-0.1, -0.05) is 23.7 Å². The summed E-state index contributed by atoms with van der Waals surface area (Å²) in [6, 6.07) is 10.5. The smallest absolute Gasteiger partial charge is 0.324 e. The molecule has 0 amide bonds. The molecular weight excluding hydrogens is 354 g/mol. The summed E-state index contributed by atoms with van der Waals surface area (Å²) >= 11 is 6.06. The number of aliphatic carboxylic acids is 1. The van der Waals surface area contributed by atoms with E-state index in [0.717, 1.165) is 4.31 Å². The van der Waals surface area contributed by atoms with Gasteiger partial charge in [-0.05, 0) is 42.8 Å². The average Bonchev–Trinajstić information content (AvgIpc) is 2.53. The van der Waals surface area contributed by atoms with Crippen LogP contribution in [0.15, 0.2) is 47.4 Å². The van der Waals surface area contributed by atoms with Crippen molar-refractivity contribution in [3.63, 3.8) is 0 Å². The highest BCUT2D eigenvalue weighted by Gasteiger charge is 2.28. The second-order valence-electron chi connectivity index (χ2n) is 4.99. The Bertz CT molecular complexity index is 867. The Hall–Kier alpha value is -2.25. The van der Waals surface area contributed by atoms with E-state index < -0.39 is 22.5 Å². The molecule has 0 aliphatic carbocycles. The largest absolute Gasteiger partial charge is 0.496 e. The van der Waals surface area contributed by atoms with E-state index in [1.54, 1.807) is 19.1 Å². The number of ether oxygens (including phenoxy) is 1. The molecule has 0 spiro atoms. The number of nitrogens with zero attached hydrogens (tertiary/aromatic N) is 1. The zero-order valence-corrected chi connectivity index (χ0v) is 14.6. The lowest BCUT2D eigenvalue weighted by Gasteiger charge is -2.24. The van der Waals surface area contributed by atoms with E-state index in [2.05, 4.69) is 0 Å². The lowest BCUT2D eigenvalue weighted by atomic mass is 10.2. The second-order valence-corrected chi connectivity index (χ2v) is 7.26. The SMILES string of the molecule is COc1ccc(S(=O)(=O)N(CC(=O)O)c2ccccc2Cl)cc1C. The van der Waals surface area contributed by atoms with Crippen LogP contribution in [0.3, 0.4) is 0 Å². The first-order valence-corrected chi connectivity index (χ1v) is 8.73. The summed E-state index contributed by atoms with van der Waals surface area (Å²) in [5, 5.41) is 9.26. The van der Waals surface area contributed by atoms with Crippen molar-refractivity contribution < 1.29 is 23.1 Å². The minimum atomic E-state index is -4.11. The third-order valence-corrected chi connectivity index (χ3v) is 5.43. The van der Waals surface area contributed by atoms with Gasteiger partial charge in [0, 0.05) is 0 Å². The minimum absolute atomic E-state index is 0.0398. The monoisotopic (exact) mass is 369 g/mol. The number of rotatable bonds is 6. The van der Waals surface area contributed by atoms with Crippen LogP contribution < -0.4 is 9.04 Å². The van der Waals surface area contributed by atoms with Gasteiger partial charge in [0.25, 0.3) is 10.0 Å². The molecule has 0 bridgehead atoms. The van der Waals surface area contributed by atoms with Crippen LogP contribution in [0.2, 0.25) is 5.02 Å². The van der Waals surface area contributed by atoms with E-state index in [-0.39, 0.29) is 15.6 Å². The molecular formula is C16H16ClNO5S. The summed E-state index contributed by atoms with van der Waals surface area (Å²) in [6.45, 7) is 0.964. The Kier molecular flexibility index (Phi) is 5.36. The molecule has 0 aliphatic rings. The van der Waals surface area contributed by atoms with Gasteiger partial charge in [-0.25, -0.2) is 8.42 Å². The molecule has 8 heteroatoms. The van der Waals surface area contributed by atoms with Gasteiger partial charge in [0.1, 0.15) is 12.3 Å². The molecule has 1 N–H and O–H groups in total. The van der Waals surface area contributed by atoms with Crippen molar-refractivity contribution >= 4 is 33.3 Å². The van der Waals surface area contributed by atoms with E-state index in [1.807, 2.05) is 0 Å². The van der Waals surface area contributed by atoms with Crippen molar-refractivity contribution in [3.05, 3.63) is 53.1 Å². The predicted molar refractivity (Wildman–Crippen MR) is 91.4 cm³/mol. The summed E-state index contributed by atoms with van der Waals surface area (Å²) in [5.41, 5.74) is 0.725. The molecule has 0 aromatic heterocycles. The number of sulfonamides is 1. The van der Waals surface area contributed by atoms with Gasteiger partial charge < -0.3 is 9.84 Å². The third kappa shape index (κ3) is 3.63. The average molecular weight is 370 g/mol. The number of halogens is 1. The number of carboxylic acids is 1. The minimum Gasteiger partial charge on any atom is -0.496 e. The number of para-hydroxylation sites is 1. The Morgan fingerprint density at radius 2 is 1.92 bits per heavy atom. The lowest BCUT2D eigenvalue weighted by molar-refractivity contribution is -0.135. The maximum absolute atomic E-state index is 12.9. The normalized spacial score (nSPS) is 11.1. The van der Waals surface area contributed by atoms with Gasteiger partial charge in [0.2, 0.25) is 0 Å². The molecule has 2 aromatic rings. The quantitative estimate of drug-likeness (QED) is 0.846. The number of anilines is 1. The fraction of sp³-hybridized carbons (Fsp3) is 0.188. The fourth-order valence-corrected chi connectivity index (χ4v) is 4.02. The molecule has 24 heavy (non-hydrogen) atoms. The van der Waals surface area contributed by atoms with Crippen molar-refractivity contribution in [1.82, 2.24) is 0 Å². The molecule has 0 aliphatic heterocycles. The van der Waals surface area contributed by atoms with Crippen LogP contribution in [0.4, 0.5) is 5.69 Å². The highest BCUT2D eigenvalue weighted by Crippen LogP contribution is 2.31. The van der Waals surface area contributed by atoms with Crippen molar-refractivity contribution in [3.8, 4) is 5.75 Å². The van der Waals surface area contributed by atoms with E-state index in [4.69, 9.17) is 21.4 Å². The van der Waals surface area contributed by atoms with Gasteiger partial charge in [0.15, 0.2) is 0 Å². The van der Waals surface area contributed by atoms with Crippen molar-refractivity contribution in [2.45, 2.75) is 11.8 Å². The van der Waals surface area contributed by atoms with Gasteiger partial charge in [-0.3, -0.25) is 9.10 Å². The number of carbonyl (C=O) groups is 1. The van der Waals surface area contributed by atoms with Gasteiger partial charge in [-0.15, -0.1) is 0 Å². The van der Waals surface area contributed by atoms with E-state index in [0.29, 0.717) is 11.3 Å². The highest BCUT2D eigenvalue weighted by molar-refractivity contribution is 7.92. The van der Waals surface area contributed by atoms with Crippen LogP contribution in [-0.2, 0) is 14.8 Å². The summed E-state index contributed by atoms with van der Waals surface area (Å²) in [7, 11) is -2.62. The molecule has 0 atom stereocenters. The number of aryl methyl sites for hydroxylation is 1. The molecule has 0 saturated heterocycles. The van der Waals surface area contributed by atoms with Crippen molar-refractivity contribution in [1.29, 1.82) is 0 Å². The number of hydrogen-bond acceptors (Lipinski definition) is 4. The van der Waals surface area contributed by atoms with Gasteiger partial charge >= 0.3 is 5.97 Å². The molecule has 6 nitrogen and oxygen atoms in total. The molecule has 2 rings (SSSR count). The van der Waals surface area contributed by atoms with Gasteiger partial charge in [-0.2, -0.15) is 0 Å². The van der Waals surface area contributed by atoms with Crippen LogP contribution in [0, 0.1) is 6.92 Å². The van der Waals surface area contributed by atoms with Crippen molar-refractivity contribution in [2.75, 3.05) is 18.0 Å². The summed E-state index contributed by atoms with van der Waals surface area (Å²) < 4.78 is 31.8. The summed E-state index contributed by atoms with van der Waals surface area (Å²) in [5.74, 6) is -0.750. The zero-order chi connectivity index (χ0) is 17.9. The summed E-state index contributed by atoms with van der Waals surface area (Å²) in [4.78, 5) is 11.1. The topological polar surface area (TPSA) is 83.9 Å². The Morgan fingerprint density at radius 1 is 1.25 bits per heavy atom. The number of hydrogen-bond donors (Lipinski definition) is 1. The zero-order valence-electron chi connectivity index (χ0n) is 13.1. The molecule has 0 radical (unpaired) electrons. The molecule has 128 valence electrons. The Morgan fingerprint density at radius 3 is 2.46 bits per heavy atom. The first kappa shape index (κ1) is 18.1. The first-order chi connectivity index (χ1) is 11.3. The molecule has 0 fully saturated rings. The predicted octanol–water partition coefficient (Wildman–Crippen LogP) is 2.94. The maximum atomic E-state index is 12.9. The van der Waals surface area contributed by atoms with Crippen LogP contribution >= 0.6 is 11.6 Å². The Labute approximate surface area is 145 Å². The standard InChI is InChI=1S/C16H16ClNO5S/c1-11-9-12(7-8-15(11)23-2)24(21,22)18(10-16(19)20)14-6-4-3-5-13(14)17/h3-9H,10H2,1-2H3,(H,19,20). The van der Waals surface area contributed by atoms with Crippen LogP contribution in [0.5, 0.6) is 5.75 Å². The lowest BCUT2D eigenvalue weighted by Crippen LogP contribution is -2.36. The van der Waals surface area contributed by atoms with Gasteiger partial charge in [0.05, 0.1) is 22.7 Å². The third-order valence-electron chi connectivity index (χ3n) is 3.35.